The fraction of sp³-hybridized carbons (Fsp3) is 0.560. The third-order valence-corrected chi connectivity index (χ3v) is 7.62. The number of aliphatic hydroxyl groups is 1. The monoisotopic (exact) mass is 491 g/mol. The quantitative estimate of drug-likeness (QED) is 0.649. The Labute approximate surface area is 200 Å². The molecule has 1 aliphatic carbocycles. The van der Waals surface area contributed by atoms with Gasteiger partial charge in [-0.2, -0.15) is 13.2 Å². The minimum atomic E-state index is -5.11. The maximum Gasteiger partial charge on any atom is 0.492 e. The molecule has 7 nitrogen and oxygen atoms in total. The molecular formula is C25H28F3N3O4. The van der Waals surface area contributed by atoms with Crippen LogP contribution in [0.4, 0.5) is 13.2 Å². The zero-order valence-corrected chi connectivity index (χ0v) is 19.3. The van der Waals surface area contributed by atoms with Gasteiger partial charge in [-0.15, -0.1) is 5.06 Å². The van der Waals surface area contributed by atoms with Crippen molar-refractivity contribution in [2.45, 2.75) is 75.7 Å². The highest BCUT2D eigenvalue weighted by atomic mass is 19.4. The van der Waals surface area contributed by atoms with Crippen LogP contribution in [-0.2, 0) is 22.6 Å². The molecule has 3 aliphatic rings. The highest BCUT2D eigenvalue weighted by Gasteiger charge is 2.56. The number of Topliss-reactive ketones (excluding diaryl/α,β-unsaturated/α-hetero) is 1. The Morgan fingerprint density at radius 2 is 1.80 bits per heavy atom. The van der Waals surface area contributed by atoms with E-state index in [1.54, 1.807) is 0 Å². The van der Waals surface area contributed by atoms with E-state index in [-0.39, 0.29) is 18.8 Å². The highest BCUT2D eigenvalue weighted by molar-refractivity contribution is 6.01. The molecule has 0 bridgehead atoms. The second-order valence-electron chi connectivity index (χ2n) is 9.68. The molecule has 1 saturated heterocycles. The number of hydroxylamine groups is 2. The Bertz CT molecular complexity index is 1120. The Kier molecular flexibility index (Phi) is 6.21. The van der Waals surface area contributed by atoms with Gasteiger partial charge in [0.05, 0.1) is 11.7 Å². The summed E-state index contributed by atoms with van der Waals surface area (Å²) < 4.78 is 40.4. The van der Waals surface area contributed by atoms with Gasteiger partial charge in [0.1, 0.15) is 5.60 Å². The lowest BCUT2D eigenvalue weighted by atomic mass is 9.67. The van der Waals surface area contributed by atoms with Gasteiger partial charge in [0.15, 0.2) is 5.82 Å². The molecule has 35 heavy (non-hydrogen) atoms. The van der Waals surface area contributed by atoms with E-state index in [0.717, 1.165) is 47.7 Å². The number of hydrogen-bond acceptors (Lipinski definition) is 6. The standard InChI is InChI=1S/C25H28F3N3O4/c26-25(27,28)23(33)35-31-15-13-24(34,17-10-4-5-11-18(17)31)21(32)22-29-20(16-8-2-1-3-9-16)19-12-6-7-14-30(19)22/h1-3,8-9,17-18,34H,4-7,10-15H2. The van der Waals surface area contributed by atoms with Crippen molar-refractivity contribution in [3.63, 3.8) is 0 Å². The van der Waals surface area contributed by atoms with Gasteiger partial charge >= 0.3 is 12.1 Å². The number of halogens is 3. The van der Waals surface area contributed by atoms with Crippen LogP contribution in [0.2, 0.25) is 0 Å². The number of rotatable bonds is 4. The Hall–Kier alpha value is -2.72. The number of imidazole rings is 1. The molecule has 3 heterocycles. The molecular weight excluding hydrogens is 463 g/mol. The molecule has 1 aromatic carbocycles. The number of carbonyl (C=O) groups excluding carboxylic acids is 2. The number of nitrogens with zero attached hydrogens (tertiary/aromatic N) is 3. The predicted octanol–water partition coefficient (Wildman–Crippen LogP) is 4.09. The van der Waals surface area contributed by atoms with Gasteiger partial charge in [-0.25, -0.2) is 9.78 Å². The van der Waals surface area contributed by atoms with Gasteiger partial charge in [0.2, 0.25) is 5.78 Å². The van der Waals surface area contributed by atoms with Crippen molar-refractivity contribution in [2.24, 2.45) is 5.92 Å². The van der Waals surface area contributed by atoms with Crippen LogP contribution in [0.3, 0.4) is 0 Å². The first-order valence-electron chi connectivity index (χ1n) is 12.2. The zero-order chi connectivity index (χ0) is 24.8. The summed E-state index contributed by atoms with van der Waals surface area (Å²) in [6, 6.07) is 8.93. The van der Waals surface area contributed by atoms with Gasteiger partial charge in [-0.05, 0) is 32.1 Å². The number of ketones is 1. The van der Waals surface area contributed by atoms with E-state index in [0.29, 0.717) is 25.8 Å². The first kappa shape index (κ1) is 24.0. The summed E-state index contributed by atoms with van der Waals surface area (Å²) in [4.78, 5) is 34.8. The predicted molar refractivity (Wildman–Crippen MR) is 119 cm³/mol. The number of aromatic nitrogens is 2. The van der Waals surface area contributed by atoms with Crippen molar-refractivity contribution in [1.29, 1.82) is 0 Å². The van der Waals surface area contributed by atoms with E-state index in [9.17, 15) is 27.9 Å². The van der Waals surface area contributed by atoms with Crippen LogP contribution >= 0.6 is 0 Å². The fourth-order valence-corrected chi connectivity index (χ4v) is 5.94. The van der Waals surface area contributed by atoms with Crippen LogP contribution in [0, 0.1) is 5.92 Å². The molecule has 2 fully saturated rings. The third kappa shape index (κ3) is 4.27. The lowest BCUT2D eigenvalue weighted by Gasteiger charge is -2.49. The van der Waals surface area contributed by atoms with Gasteiger partial charge in [-0.3, -0.25) is 4.79 Å². The SMILES string of the molecule is O=C(ON1CCC(O)(C(=O)c2nc(-c3ccccc3)c3n2CCCC3)C2CCCCC21)C(F)(F)F. The van der Waals surface area contributed by atoms with Crippen molar-refractivity contribution in [1.82, 2.24) is 14.6 Å². The van der Waals surface area contributed by atoms with Crippen LogP contribution in [0.15, 0.2) is 30.3 Å². The molecule has 188 valence electrons. The summed E-state index contributed by atoms with van der Waals surface area (Å²) in [5.41, 5.74) is 0.800. The topological polar surface area (TPSA) is 84.7 Å². The molecule has 1 N–H and O–H groups in total. The smallest absolute Gasteiger partial charge is 0.381 e. The Morgan fingerprint density at radius 3 is 2.54 bits per heavy atom. The Balaban J connectivity index is 1.48. The normalized spacial score (nSPS) is 27.1. The van der Waals surface area contributed by atoms with E-state index >= 15 is 0 Å². The minimum absolute atomic E-state index is 0.138. The summed E-state index contributed by atoms with van der Waals surface area (Å²) >= 11 is 0. The highest BCUT2D eigenvalue weighted by Crippen LogP contribution is 2.44. The number of fused-ring (bicyclic) bond motifs is 2. The lowest BCUT2D eigenvalue weighted by Crippen LogP contribution is -2.62. The average molecular weight is 492 g/mol. The molecule has 3 atom stereocenters. The fourth-order valence-electron chi connectivity index (χ4n) is 5.94. The summed E-state index contributed by atoms with van der Waals surface area (Å²) in [7, 11) is 0. The number of carbonyl (C=O) groups is 2. The second kappa shape index (κ2) is 9.05. The summed E-state index contributed by atoms with van der Waals surface area (Å²) in [6.07, 6.45) is -0.285. The van der Waals surface area contributed by atoms with E-state index in [4.69, 9.17) is 4.98 Å². The first-order valence-corrected chi connectivity index (χ1v) is 12.2. The van der Waals surface area contributed by atoms with Crippen molar-refractivity contribution in [3.05, 3.63) is 41.9 Å². The summed E-state index contributed by atoms with van der Waals surface area (Å²) in [5.74, 6) is -3.24. The maximum atomic E-state index is 13.9. The first-order chi connectivity index (χ1) is 16.7. The van der Waals surface area contributed by atoms with Crippen LogP contribution in [0.25, 0.3) is 11.3 Å². The number of hydrogen-bond donors (Lipinski definition) is 1. The van der Waals surface area contributed by atoms with Crippen LogP contribution in [-0.4, -0.2) is 55.8 Å². The van der Waals surface area contributed by atoms with Gasteiger partial charge < -0.3 is 14.5 Å². The lowest BCUT2D eigenvalue weighted by molar-refractivity contribution is -0.267. The van der Waals surface area contributed by atoms with Gasteiger partial charge in [0, 0.05) is 36.7 Å². The zero-order valence-electron chi connectivity index (χ0n) is 19.3. The third-order valence-electron chi connectivity index (χ3n) is 7.62. The van der Waals surface area contributed by atoms with Crippen LogP contribution in [0.1, 0.15) is 61.3 Å². The number of benzene rings is 1. The molecule has 2 aliphatic heterocycles. The number of alkyl halides is 3. The van der Waals surface area contributed by atoms with Crippen molar-refractivity contribution in [3.8, 4) is 11.3 Å². The van der Waals surface area contributed by atoms with Crippen LogP contribution in [0.5, 0.6) is 0 Å². The van der Waals surface area contributed by atoms with Crippen molar-refractivity contribution in [2.75, 3.05) is 6.54 Å². The van der Waals surface area contributed by atoms with Gasteiger partial charge in [0.25, 0.3) is 0 Å². The Morgan fingerprint density at radius 1 is 1.06 bits per heavy atom. The summed E-state index contributed by atoms with van der Waals surface area (Å²) in [5, 5.41) is 12.8. The van der Waals surface area contributed by atoms with Crippen LogP contribution < -0.4 is 0 Å². The summed E-state index contributed by atoms with van der Waals surface area (Å²) in [6.45, 7) is 0.458. The van der Waals surface area contributed by atoms with Crippen molar-refractivity contribution >= 4 is 11.8 Å². The molecule has 3 unspecified atom stereocenters. The molecule has 1 aromatic heterocycles. The molecule has 0 radical (unpaired) electrons. The minimum Gasteiger partial charge on any atom is -0.381 e. The molecule has 1 saturated carbocycles. The largest absolute Gasteiger partial charge is 0.492 e. The van der Waals surface area contributed by atoms with E-state index < -0.39 is 35.5 Å². The maximum absolute atomic E-state index is 13.9. The molecule has 5 rings (SSSR count). The molecule has 2 aromatic rings. The molecule has 0 amide bonds. The van der Waals surface area contributed by atoms with Gasteiger partial charge in [-0.1, -0.05) is 43.2 Å². The van der Waals surface area contributed by atoms with E-state index in [2.05, 4.69) is 4.84 Å². The molecule has 10 heteroatoms. The van der Waals surface area contributed by atoms with Crippen molar-refractivity contribution < 1.29 is 32.7 Å². The second-order valence-corrected chi connectivity index (χ2v) is 9.68. The van der Waals surface area contributed by atoms with E-state index in [1.165, 1.54) is 0 Å². The molecule has 0 spiro atoms. The van der Waals surface area contributed by atoms with E-state index in [1.807, 2.05) is 34.9 Å². The number of piperidine rings is 1. The average Bonchev–Trinajstić information content (AvgIpc) is 3.25.